The summed E-state index contributed by atoms with van der Waals surface area (Å²) in [6.45, 7) is 6.89. The molecule has 0 bridgehead atoms. The number of aryl methyl sites for hydroxylation is 2. The van der Waals surface area contributed by atoms with Gasteiger partial charge in [0, 0.05) is 31.0 Å². The smallest absolute Gasteiger partial charge is 0.133 e. The van der Waals surface area contributed by atoms with Crippen LogP contribution in [0.4, 0.5) is 0 Å². The minimum absolute atomic E-state index is 0.148. The lowest BCUT2D eigenvalue weighted by Gasteiger charge is -2.22. The molecule has 0 aromatic carbocycles. The predicted molar refractivity (Wildman–Crippen MR) is 88.6 cm³/mol. The number of methoxy groups -OCH3 is 1. The first-order chi connectivity index (χ1) is 9.82. The minimum atomic E-state index is -0.148. The molecule has 0 aliphatic carbocycles. The summed E-state index contributed by atoms with van der Waals surface area (Å²) in [5, 5.41) is 4.92. The lowest BCUT2D eigenvalue weighted by Crippen LogP contribution is -2.24. The van der Waals surface area contributed by atoms with Gasteiger partial charge in [-0.2, -0.15) is 5.10 Å². The van der Waals surface area contributed by atoms with Crippen molar-refractivity contribution >= 4 is 27.5 Å². The van der Waals surface area contributed by atoms with Gasteiger partial charge in [0.1, 0.15) is 9.76 Å². The van der Waals surface area contributed by atoms with Crippen LogP contribution in [0.1, 0.15) is 25.8 Å². The number of hydrogen-bond acceptors (Lipinski definition) is 3. The van der Waals surface area contributed by atoms with Crippen molar-refractivity contribution in [2.45, 2.75) is 39.3 Å². The van der Waals surface area contributed by atoms with Crippen LogP contribution in [-0.4, -0.2) is 27.5 Å². The van der Waals surface area contributed by atoms with E-state index in [1.54, 1.807) is 7.11 Å². The van der Waals surface area contributed by atoms with Crippen molar-refractivity contribution in [1.82, 2.24) is 14.8 Å². The lowest BCUT2D eigenvalue weighted by atomic mass is 10.1. The second kappa shape index (κ2) is 6.46. The summed E-state index contributed by atoms with van der Waals surface area (Å²) in [5.74, 6) is 0. The van der Waals surface area contributed by atoms with Gasteiger partial charge in [-0.3, -0.25) is 4.68 Å². The number of aromatic nitrogens is 3. The van der Waals surface area contributed by atoms with E-state index in [4.69, 9.17) is 16.3 Å². The number of ether oxygens (including phenoxy) is 1. The third-order valence-corrected chi connectivity index (χ3v) is 4.53. The first-order valence-corrected chi connectivity index (χ1v) is 7.90. The van der Waals surface area contributed by atoms with Gasteiger partial charge in [0.15, 0.2) is 0 Å². The maximum absolute atomic E-state index is 6.02. The molecular weight excluding hydrogens is 354 g/mol. The third kappa shape index (κ3) is 4.05. The monoisotopic (exact) mass is 371 g/mol. The van der Waals surface area contributed by atoms with Crippen molar-refractivity contribution in [2.75, 3.05) is 7.11 Å². The van der Waals surface area contributed by atoms with Crippen molar-refractivity contribution < 1.29 is 4.74 Å². The van der Waals surface area contributed by atoms with Crippen LogP contribution in [0, 0.1) is 6.92 Å². The van der Waals surface area contributed by atoms with Gasteiger partial charge in [0.05, 0.1) is 11.8 Å². The summed E-state index contributed by atoms with van der Waals surface area (Å²) in [6.07, 6.45) is 4.75. The van der Waals surface area contributed by atoms with Crippen LogP contribution >= 0.6 is 27.5 Å². The molecule has 21 heavy (non-hydrogen) atoms. The highest BCUT2D eigenvalue weighted by atomic mass is 79.9. The summed E-state index contributed by atoms with van der Waals surface area (Å²) in [7, 11) is 1.73. The summed E-state index contributed by atoms with van der Waals surface area (Å²) in [4.78, 5) is 4.28. The molecule has 0 amide bonds. The average Bonchev–Trinajstić information content (AvgIpc) is 2.89. The maximum Gasteiger partial charge on any atom is 0.133 e. The molecule has 0 aliphatic rings. The molecule has 2 rings (SSSR count). The van der Waals surface area contributed by atoms with Crippen LogP contribution in [0.25, 0.3) is 11.1 Å². The third-order valence-electron chi connectivity index (χ3n) is 3.54. The Kier molecular flexibility index (Phi) is 5.07. The second-order valence-corrected chi connectivity index (χ2v) is 6.75. The van der Waals surface area contributed by atoms with E-state index in [0.717, 1.165) is 34.3 Å². The highest BCUT2D eigenvalue weighted by molar-refractivity contribution is 9.10. The highest BCUT2D eigenvalue weighted by Crippen LogP contribution is 2.30. The number of halogens is 2. The van der Waals surface area contributed by atoms with Gasteiger partial charge in [-0.15, -0.1) is 0 Å². The van der Waals surface area contributed by atoms with E-state index in [1.165, 1.54) is 0 Å². The molecule has 6 heteroatoms. The number of pyridine rings is 1. The van der Waals surface area contributed by atoms with Gasteiger partial charge in [0.25, 0.3) is 0 Å². The predicted octanol–water partition coefficient (Wildman–Crippen LogP) is 4.48. The highest BCUT2D eigenvalue weighted by Gasteiger charge is 2.16. The molecule has 0 saturated heterocycles. The molecule has 4 nitrogen and oxygen atoms in total. The van der Waals surface area contributed by atoms with Crippen LogP contribution in [0.5, 0.6) is 0 Å². The zero-order valence-corrected chi connectivity index (χ0v) is 15.0. The van der Waals surface area contributed by atoms with E-state index < -0.39 is 0 Å². The molecule has 0 unspecified atom stereocenters. The largest absolute Gasteiger partial charge is 0.379 e. The van der Waals surface area contributed by atoms with Crippen molar-refractivity contribution in [2.24, 2.45) is 0 Å². The van der Waals surface area contributed by atoms with Crippen LogP contribution < -0.4 is 0 Å². The SMILES string of the molecule is COC(C)(C)CCn1cc(-c2cc(C)c(Cl)nc2Br)cn1. The Hall–Kier alpha value is -0.910. The molecule has 0 aliphatic heterocycles. The molecule has 114 valence electrons. The molecule has 0 N–H and O–H groups in total. The molecule has 2 aromatic heterocycles. The quantitative estimate of drug-likeness (QED) is 0.726. The zero-order valence-electron chi connectivity index (χ0n) is 12.7. The molecule has 2 aromatic rings. The molecule has 0 atom stereocenters. The Bertz CT molecular complexity index is 640. The van der Waals surface area contributed by atoms with E-state index in [9.17, 15) is 0 Å². The van der Waals surface area contributed by atoms with Gasteiger partial charge >= 0.3 is 0 Å². The fourth-order valence-corrected chi connectivity index (χ4v) is 2.65. The van der Waals surface area contributed by atoms with Gasteiger partial charge in [-0.25, -0.2) is 4.98 Å². The van der Waals surface area contributed by atoms with Crippen LogP contribution in [-0.2, 0) is 11.3 Å². The second-order valence-electron chi connectivity index (χ2n) is 5.64. The van der Waals surface area contributed by atoms with Crippen molar-refractivity contribution in [3.63, 3.8) is 0 Å². The Morgan fingerprint density at radius 1 is 1.43 bits per heavy atom. The normalized spacial score (nSPS) is 11.9. The van der Waals surface area contributed by atoms with Gasteiger partial charge < -0.3 is 4.74 Å². The van der Waals surface area contributed by atoms with Gasteiger partial charge in [0.2, 0.25) is 0 Å². The average molecular weight is 373 g/mol. The Morgan fingerprint density at radius 3 is 2.81 bits per heavy atom. The Morgan fingerprint density at radius 2 is 2.14 bits per heavy atom. The number of hydrogen-bond donors (Lipinski definition) is 0. The first-order valence-electron chi connectivity index (χ1n) is 6.73. The van der Waals surface area contributed by atoms with E-state index in [-0.39, 0.29) is 5.60 Å². The molecule has 0 saturated carbocycles. The van der Waals surface area contributed by atoms with Gasteiger partial charge in [-0.05, 0) is 54.8 Å². The minimum Gasteiger partial charge on any atom is -0.379 e. The van der Waals surface area contributed by atoms with E-state index in [0.29, 0.717) is 5.15 Å². The summed E-state index contributed by atoms with van der Waals surface area (Å²) >= 11 is 9.48. The summed E-state index contributed by atoms with van der Waals surface area (Å²) in [5.41, 5.74) is 2.81. The van der Waals surface area contributed by atoms with Crippen LogP contribution in [0.2, 0.25) is 5.15 Å². The molecule has 0 fully saturated rings. The number of nitrogens with zero attached hydrogens (tertiary/aromatic N) is 3. The van der Waals surface area contributed by atoms with Gasteiger partial charge in [-0.1, -0.05) is 11.6 Å². The van der Waals surface area contributed by atoms with E-state index in [1.807, 2.05) is 30.1 Å². The fourth-order valence-electron chi connectivity index (χ4n) is 1.88. The van der Waals surface area contributed by atoms with Crippen molar-refractivity contribution in [3.05, 3.63) is 33.8 Å². The Balaban J connectivity index is 2.19. The van der Waals surface area contributed by atoms with E-state index in [2.05, 4.69) is 39.9 Å². The standard InChI is InChI=1S/C15H19BrClN3O/c1-10-7-12(13(16)19-14(10)17)11-8-18-20(9-11)6-5-15(2,3)21-4/h7-9H,5-6H2,1-4H3. The topological polar surface area (TPSA) is 39.9 Å². The van der Waals surface area contributed by atoms with Crippen molar-refractivity contribution in [1.29, 1.82) is 0 Å². The molecule has 0 radical (unpaired) electrons. The molecular formula is C15H19BrClN3O. The molecule has 2 heterocycles. The fraction of sp³-hybridized carbons (Fsp3) is 0.467. The van der Waals surface area contributed by atoms with Crippen LogP contribution in [0.15, 0.2) is 23.1 Å². The number of rotatable bonds is 5. The van der Waals surface area contributed by atoms with E-state index >= 15 is 0 Å². The summed E-state index contributed by atoms with van der Waals surface area (Å²) in [6, 6.07) is 2.01. The lowest BCUT2D eigenvalue weighted by molar-refractivity contribution is 0.0113. The molecule has 0 spiro atoms. The zero-order chi connectivity index (χ0) is 15.6. The Labute approximate surface area is 138 Å². The maximum atomic E-state index is 6.02. The summed E-state index contributed by atoms with van der Waals surface area (Å²) < 4.78 is 8.08. The first kappa shape index (κ1) is 16.5. The van der Waals surface area contributed by atoms with Crippen molar-refractivity contribution in [3.8, 4) is 11.1 Å². The van der Waals surface area contributed by atoms with Crippen LogP contribution in [0.3, 0.4) is 0 Å².